The van der Waals surface area contributed by atoms with Gasteiger partial charge >= 0.3 is 0 Å². The van der Waals surface area contributed by atoms with E-state index in [9.17, 15) is 0 Å². The molecule has 0 bridgehead atoms. The Morgan fingerprint density at radius 3 is 2.06 bits per heavy atom. The standard InChI is InChI=1S/C15H32N2/c1-6-7-13-8-10-17(11-9-13)12-14(2,3)15(4,5)16/h13H,6-12,16H2,1-5H3. The molecule has 0 saturated carbocycles. The van der Waals surface area contributed by atoms with Gasteiger partial charge in [-0.15, -0.1) is 0 Å². The van der Waals surface area contributed by atoms with Crippen molar-refractivity contribution < 1.29 is 0 Å². The lowest BCUT2D eigenvalue weighted by Gasteiger charge is -2.44. The van der Waals surface area contributed by atoms with Crippen LogP contribution in [0.25, 0.3) is 0 Å². The molecule has 1 heterocycles. The predicted octanol–water partition coefficient (Wildman–Crippen LogP) is 3.26. The molecular weight excluding hydrogens is 208 g/mol. The van der Waals surface area contributed by atoms with E-state index in [1.165, 1.54) is 38.8 Å². The van der Waals surface area contributed by atoms with Crippen molar-refractivity contribution >= 4 is 0 Å². The molecule has 0 unspecified atom stereocenters. The van der Waals surface area contributed by atoms with Crippen molar-refractivity contribution in [2.24, 2.45) is 17.1 Å². The van der Waals surface area contributed by atoms with E-state index >= 15 is 0 Å². The van der Waals surface area contributed by atoms with E-state index in [-0.39, 0.29) is 11.0 Å². The summed E-state index contributed by atoms with van der Waals surface area (Å²) in [6.07, 6.45) is 5.52. The normalized spacial score (nSPS) is 20.8. The molecule has 0 aromatic carbocycles. The van der Waals surface area contributed by atoms with Gasteiger partial charge in [0.1, 0.15) is 0 Å². The Hall–Kier alpha value is -0.0800. The van der Waals surface area contributed by atoms with Gasteiger partial charge < -0.3 is 10.6 Å². The first-order valence-electron chi connectivity index (χ1n) is 7.27. The topological polar surface area (TPSA) is 29.3 Å². The highest BCUT2D eigenvalue weighted by atomic mass is 15.1. The Balaban J connectivity index is 2.40. The minimum atomic E-state index is -0.104. The van der Waals surface area contributed by atoms with Gasteiger partial charge in [-0.05, 0) is 51.1 Å². The van der Waals surface area contributed by atoms with Gasteiger partial charge in [-0.3, -0.25) is 0 Å². The van der Waals surface area contributed by atoms with E-state index in [4.69, 9.17) is 5.73 Å². The lowest BCUT2D eigenvalue weighted by atomic mass is 9.74. The van der Waals surface area contributed by atoms with Crippen LogP contribution in [0.2, 0.25) is 0 Å². The molecule has 0 radical (unpaired) electrons. The maximum Gasteiger partial charge on any atom is 0.0161 e. The van der Waals surface area contributed by atoms with E-state index in [0.717, 1.165) is 12.5 Å². The molecule has 0 aliphatic carbocycles. The average molecular weight is 240 g/mol. The zero-order chi connectivity index (χ0) is 13.1. The fourth-order valence-electron chi connectivity index (χ4n) is 2.60. The number of nitrogens with two attached hydrogens (primary N) is 1. The van der Waals surface area contributed by atoms with Crippen LogP contribution in [-0.2, 0) is 0 Å². The highest BCUT2D eigenvalue weighted by molar-refractivity contribution is 4.92. The minimum absolute atomic E-state index is 0.104. The molecule has 2 heteroatoms. The van der Waals surface area contributed by atoms with E-state index in [1.54, 1.807) is 0 Å². The van der Waals surface area contributed by atoms with Crippen molar-refractivity contribution in [3.63, 3.8) is 0 Å². The molecule has 0 aromatic rings. The average Bonchev–Trinajstić information content (AvgIpc) is 2.19. The molecule has 0 atom stereocenters. The fraction of sp³-hybridized carbons (Fsp3) is 1.00. The Kier molecular flexibility index (Phi) is 5.03. The van der Waals surface area contributed by atoms with E-state index in [2.05, 4.69) is 39.5 Å². The Labute approximate surface area is 108 Å². The van der Waals surface area contributed by atoms with Gasteiger partial charge in [0.15, 0.2) is 0 Å². The highest BCUT2D eigenvalue weighted by Crippen LogP contribution is 2.31. The maximum atomic E-state index is 6.28. The molecule has 2 N–H and O–H groups in total. The summed E-state index contributed by atoms with van der Waals surface area (Å²) in [5.74, 6) is 0.977. The molecule has 17 heavy (non-hydrogen) atoms. The van der Waals surface area contributed by atoms with Gasteiger partial charge in [-0.1, -0.05) is 33.6 Å². The minimum Gasteiger partial charge on any atom is -0.325 e. The molecule has 0 amide bonds. The van der Waals surface area contributed by atoms with Crippen molar-refractivity contribution in [3.05, 3.63) is 0 Å². The van der Waals surface area contributed by atoms with Gasteiger partial charge in [0, 0.05) is 12.1 Å². The van der Waals surface area contributed by atoms with Crippen molar-refractivity contribution in [1.29, 1.82) is 0 Å². The van der Waals surface area contributed by atoms with Crippen molar-refractivity contribution in [2.45, 2.75) is 65.8 Å². The van der Waals surface area contributed by atoms with Crippen LogP contribution in [0.3, 0.4) is 0 Å². The summed E-state index contributed by atoms with van der Waals surface area (Å²) in [5, 5.41) is 0. The molecule has 1 fully saturated rings. The second kappa shape index (κ2) is 5.71. The fourth-order valence-corrected chi connectivity index (χ4v) is 2.60. The molecule has 2 nitrogen and oxygen atoms in total. The lowest BCUT2D eigenvalue weighted by Crippen LogP contribution is -2.54. The van der Waals surface area contributed by atoms with Crippen LogP contribution >= 0.6 is 0 Å². The number of nitrogens with zero attached hydrogens (tertiary/aromatic N) is 1. The first kappa shape index (κ1) is 15.0. The zero-order valence-corrected chi connectivity index (χ0v) is 12.6. The van der Waals surface area contributed by atoms with Crippen LogP contribution in [0.15, 0.2) is 0 Å². The quantitative estimate of drug-likeness (QED) is 0.799. The summed E-state index contributed by atoms with van der Waals surface area (Å²) < 4.78 is 0. The molecule has 0 aromatic heterocycles. The van der Waals surface area contributed by atoms with Crippen LogP contribution in [0.4, 0.5) is 0 Å². The number of likely N-dealkylation sites (tertiary alicyclic amines) is 1. The van der Waals surface area contributed by atoms with E-state index in [1.807, 2.05) is 0 Å². The second-order valence-electron chi connectivity index (χ2n) is 7.11. The van der Waals surface area contributed by atoms with Gasteiger partial charge in [-0.2, -0.15) is 0 Å². The van der Waals surface area contributed by atoms with Gasteiger partial charge in [0.25, 0.3) is 0 Å². The summed E-state index contributed by atoms with van der Waals surface area (Å²) >= 11 is 0. The van der Waals surface area contributed by atoms with Crippen LogP contribution in [-0.4, -0.2) is 30.1 Å². The number of rotatable bonds is 5. The second-order valence-corrected chi connectivity index (χ2v) is 7.11. The zero-order valence-electron chi connectivity index (χ0n) is 12.6. The van der Waals surface area contributed by atoms with Crippen LogP contribution in [0.5, 0.6) is 0 Å². The molecule has 102 valence electrons. The monoisotopic (exact) mass is 240 g/mol. The molecule has 1 aliphatic rings. The Morgan fingerprint density at radius 2 is 1.65 bits per heavy atom. The SMILES string of the molecule is CCCC1CCN(CC(C)(C)C(C)(C)N)CC1. The van der Waals surface area contributed by atoms with Gasteiger partial charge in [0.2, 0.25) is 0 Å². The van der Waals surface area contributed by atoms with Crippen LogP contribution in [0.1, 0.15) is 60.3 Å². The largest absolute Gasteiger partial charge is 0.325 e. The molecular formula is C15H32N2. The predicted molar refractivity (Wildman–Crippen MR) is 76.1 cm³/mol. The molecule has 1 rings (SSSR count). The first-order chi connectivity index (χ1) is 7.76. The summed E-state index contributed by atoms with van der Waals surface area (Å²) in [6, 6.07) is 0. The van der Waals surface area contributed by atoms with E-state index in [0.29, 0.717) is 0 Å². The Morgan fingerprint density at radius 1 is 1.12 bits per heavy atom. The van der Waals surface area contributed by atoms with Gasteiger partial charge in [0.05, 0.1) is 0 Å². The number of piperidine rings is 1. The summed E-state index contributed by atoms with van der Waals surface area (Å²) in [6.45, 7) is 14.9. The first-order valence-corrected chi connectivity index (χ1v) is 7.27. The Bertz CT molecular complexity index is 220. The third-order valence-electron chi connectivity index (χ3n) is 4.77. The molecule has 1 aliphatic heterocycles. The third-order valence-corrected chi connectivity index (χ3v) is 4.77. The van der Waals surface area contributed by atoms with Crippen LogP contribution in [0, 0.1) is 11.3 Å². The van der Waals surface area contributed by atoms with Crippen molar-refractivity contribution in [2.75, 3.05) is 19.6 Å². The highest BCUT2D eigenvalue weighted by Gasteiger charge is 2.35. The third kappa shape index (κ3) is 4.26. The number of hydrogen-bond donors (Lipinski definition) is 1. The van der Waals surface area contributed by atoms with Crippen LogP contribution < -0.4 is 5.73 Å². The van der Waals surface area contributed by atoms with Gasteiger partial charge in [-0.25, -0.2) is 0 Å². The summed E-state index contributed by atoms with van der Waals surface area (Å²) in [4.78, 5) is 2.61. The lowest BCUT2D eigenvalue weighted by molar-refractivity contribution is 0.0843. The maximum absolute atomic E-state index is 6.28. The smallest absolute Gasteiger partial charge is 0.0161 e. The molecule has 1 saturated heterocycles. The van der Waals surface area contributed by atoms with E-state index < -0.39 is 0 Å². The van der Waals surface area contributed by atoms with Crippen molar-refractivity contribution in [3.8, 4) is 0 Å². The van der Waals surface area contributed by atoms with Crippen molar-refractivity contribution in [1.82, 2.24) is 4.90 Å². The molecule has 0 spiro atoms. The number of hydrogen-bond acceptors (Lipinski definition) is 2. The summed E-state index contributed by atoms with van der Waals surface area (Å²) in [5.41, 5.74) is 6.36. The summed E-state index contributed by atoms with van der Waals surface area (Å²) in [7, 11) is 0.